The van der Waals surface area contributed by atoms with Crippen LogP contribution < -0.4 is 16.6 Å². The minimum absolute atomic E-state index is 0.0187. The van der Waals surface area contributed by atoms with Crippen LogP contribution in [0.1, 0.15) is 13.8 Å². The lowest BCUT2D eigenvalue weighted by molar-refractivity contribution is 0.248. The van der Waals surface area contributed by atoms with E-state index in [-0.39, 0.29) is 24.5 Å². The molecule has 9 heteroatoms. The van der Waals surface area contributed by atoms with Crippen molar-refractivity contribution in [2.24, 2.45) is 11.8 Å². The van der Waals surface area contributed by atoms with Crippen molar-refractivity contribution in [3.63, 3.8) is 0 Å². The van der Waals surface area contributed by atoms with Gasteiger partial charge in [0.25, 0.3) is 0 Å². The van der Waals surface area contributed by atoms with Crippen LogP contribution in [0, 0.1) is 5.92 Å². The molecule has 0 bridgehead atoms. The van der Waals surface area contributed by atoms with Crippen molar-refractivity contribution in [3.8, 4) is 5.95 Å². The van der Waals surface area contributed by atoms with E-state index in [1.807, 2.05) is 13.8 Å². The zero-order valence-electron chi connectivity index (χ0n) is 11.4. The molecule has 5 N–H and O–H groups in total. The largest absolute Gasteiger partial charge is 0.394 e. The third-order valence-corrected chi connectivity index (χ3v) is 2.80. The van der Waals surface area contributed by atoms with E-state index >= 15 is 0 Å². The molecule has 0 spiro atoms. The number of hydrogen-bond acceptors (Lipinski definition) is 8. The molecule has 0 aliphatic rings. The quantitative estimate of drug-likeness (QED) is 0.421. The van der Waals surface area contributed by atoms with Gasteiger partial charge >= 0.3 is 0 Å². The molecule has 0 aliphatic heterocycles. The monoisotopic (exact) mass is 278 g/mol. The number of nitrogen functional groups attached to an aromatic ring is 1. The predicted molar refractivity (Wildman–Crippen MR) is 74.1 cm³/mol. The average Bonchev–Trinajstić information content (AvgIpc) is 2.98. The summed E-state index contributed by atoms with van der Waals surface area (Å²) >= 11 is 0. The van der Waals surface area contributed by atoms with E-state index in [2.05, 4.69) is 30.7 Å². The highest BCUT2D eigenvalue weighted by atomic mass is 16.3. The van der Waals surface area contributed by atoms with Gasteiger partial charge in [0.2, 0.25) is 17.8 Å². The van der Waals surface area contributed by atoms with Gasteiger partial charge in [-0.1, -0.05) is 13.8 Å². The van der Waals surface area contributed by atoms with Crippen LogP contribution in [0.4, 0.5) is 11.9 Å². The molecule has 0 fully saturated rings. The first-order valence-electron chi connectivity index (χ1n) is 6.22. The SMILES string of the molecule is CC(C)[C@@H](CO)Nc1nc(NN)nc(-n2ccnc2)n1. The lowest BCUT2D eigenvalue weighted by Gasteiger charge is -2.20. The van der Waals surface area contributed by atoms with E-state index < -0.39 is 0 Å². The van der Waals surface area contributed by atoms with Crippen molar-refractivity contribution >= 4 is 11.9 Å². The summed E-state index contributed by atoms with van der Waals surface area (Å²) in [5.41, 5.74) is 2.39. The average molecular weight is 278 g/mol. The third kappa shape index (κ3) is 3.19. The second kappa shape index (κ2) is 6.26. The standard InChI is InChI=1S/C11H18N8O/c1-7(2)8(5-20)14-9-15-10(18-12)17-11(16-9)19-4-3-13-6-19/h3-4,6-8,20H,5,12H2,1-2H3,(H2,14,15,16,17,18)/t8-/m1/s1. The Bertz CT molecular complexity index is 541. The first-order chi connectivity index (χ1) is 9.63. The molecular weight excluding hydrogens is 260 g/mol. The molecule has 1 atom stereocenters. The van der Waals surface area contributed by atoms with Gasteiger partial charge in [-0.2, -0.15) is 15.0 Å². The predicted octanol–water partition coefficient (Wildman–Crippen LogP) is -0.228. The molecule has 20 heavy (non-hydrogen) atoms. The van der Waals surface area contributed by atoms with E-state index in [9.17, 15) is 5.11 Å². The van der Waals surface area contributed by atoms with Crippen molar-refractivity contribution in [1.82, 2.24) is 24.5 Å². The van der Waals surface area contributed by atoms with E-state index in [0.29, 0.717) is 11.9 Å². The molecule has 0 amide bonds. The van der Waals surface area contributed by atoms with Crippen LogP contribution >= 0.6 is 0 Å². The fourth-order valence-electron chi connectivity index (χ4n) is 1.58. The Hall–Kier alpha value is -2.26. The Morgan fingerprint density at radius 3 is 2.60 bits per heavy atom. The van der Waals surface area contributed by atoms with Crippen LogP contribution in [0.25, 0.3) is 5.95 Å². The fourth-order valence-corrected chi connectivity index (χ4v) is 1.58. The summed E-state index contributed by atoms with van der Waals surface area (Å²) < 4.78 is 1.64. The van der Waals surface area contributed by atoms with Gasteiger partial charge < -0.3 is 10.4 Å². The van der Waals surface area contributed by atoms with E-state index in [0.717, 1.165) is 0 Å². The number of aliphatic hydroxyl groups excluding tert-OH is 1. The van der Waals surface area contributed by atoms with Crippen molar-refractivity contribution in [2.45, 2.75) is 19.9 Å². The number of anilines is 2. The van der Waals surface area contributed by atoms with Crippen LogP contribution in [0.5, 0.6) is 0 Å². The highest BCUT2D eigenvalue weighted by Crippen LogP contribution is 2.12. The maximum atomic E-state index is 9.35. The highest BCUT2D eigenvalue weighted by molar-refractivity contribution is 5.38. The summed E-state index contributed by atoms with van der Waals surface area (Å²) in [5.74, 6) is 6.53. The van der Waals surface area contributed by atoms with Gasteiger partial charge in [0.1, 0.15) is 6.33 Å². The van der Waals surface area contributed by atoms with Crippen molar-refractivity contribution in [3.05, 3.63) is 18.7 Å². The van der Waals surface area contributed by atoms with Gasteiger partial charge in [-0.25, -0.2) is 10.8 Å². The molecule has 0 aliphatic carbocycles. The molecule has 0 saturated heterocycles. The topological polar surface area (TPSA) is 127 Å². The van der Waals surface area contributed by atoms with Gasteiger partial charge in [-0.05, 0) is 5.92 Å². The van der Waals surface area contributed by atoms with Crippen LogP contribution in [0.3, 0.4) is 0 Å². The Morgan fingerprint density at radius 1 is 1.30 bits per heavy atom. The molecule has 2 aromatic heterocycles. The van der Waals surface area contributed by atoms with Crippen LogP contribution in [-0.4, -0.2) is 42.3 Å². The normalized spacial score (nSPS) is 12.4. The molecule has 2 aromatic rings. The number of nitrogens with zero attached hydrogens (tertiary/aromatic N) is 5. The maximum absolute atomic E-state index is 9.35. The molecule has 2 heterocycles. The van der Waals surface area contributed by atoms with Crippen LogP contribution in [-0.2, 0) is 0 Å². The smallest absolute Gasteiger partial charge is 0.243 e. The first-order valence-corrected chi connectivity index (χ1v) is 6.22. The molecule has 0 radical (unpaired) electrons. The number of aliphatic hydroxyl groups is 1. The molecule has 0 aromatic carbocycles. The summed E-state index contributed by atoms with van der Waals surface area (Å²) in [5, 5.41) is 12.4. The van der Waals surface area contributed by atoms with Gasteiger partial charge in [0.05, 0.1) is 12.6 Å². The number of nitrogens with one attached hydrogen (secondary N) is 2. The van der Waals surface area contributed by atoms with Crippen LogP contribution in [0.2, 0.25) is 0 Å². The maximum Gasteiger partial charge on any atom is 0.243 e. The summed E-state index contributed by atoms with van der Waals surface area (Å²) in [7, 11) is 0. The Morgan fingerprint density at radius 2 is 2.05 bits per heavy atom. The lowest BCUT2D eigenvalue weighted by atomic mass is 10.1. The van der Waals surface area contributed by atoms with Crippen molar-refractivity contribution in [1.29, 1.82) is 0 Å². The summed E-state index contributed by atoms with van der Waals surface area (Å²) in [6.45, 7) is 3.97. The zero-order chi connectivity index (χ0) is 14.5. The lowest BCUT2D eigenvalue weighted by Crippen LogP contribution is -2.31. The minimum atomic E-state index is -0.154. The van der Waals surface area contributed by atoms with Gasteiger partial charge in [0.15, 0.2) is 0 Å². The number of nitrogens with two attached hydrogens (primary N) is 1. The molecule has 2 rings (SSSR count). The zero-order valence-corrected chi connectivity index (χ0v) is 11.4. The first kappa shape index (κ1) is 14.2. The minimum Gasteiger partial charge on any atom is -0.394 e. The van der Waals surface area contributed by atoms with E-state index in [1.165, 1.54) is 0 Å². The molecule has 9 nitrogen and oxygen atoms in total. The van der Waals surface area contributed by atoms with Crippen LogP contribution in [0.15, 0.2) is 18.7 Å². The molecule has 0 unspecified atom stereocenters. The fraction of sp³-hybridized carbons (Fsp3) is 0.455. The van der Waals surface area contributed by atoms with Gasteiger partial charge in [-0.15, -0.1) is 0 Å². The Kier molecular flexibility index (Phi) is 4.43. The third-order valence-electron chi connectivity index (χ3n) is 2.80. The van der Waals surface area contributed by atoms with E-state index in [4.69, 9.17) is 5.84 Å². The second-order valence-electron chi connectivity index (χ2n) is 4.57. The summed E-state index contributed by atoms with van der Waals surface area (Å²) in [4.78, 5) is 16.5. The summed E-state index contributed by atoms with van der Waals surface area (Å²) in [6.07, 6.45) is 4.91. The van der Waals surface area contributed by atoms with Gasteiger partial charge in [0, 0.05) is 12.4 Å². The Labute approximate surface area is 116 Å². The molecular formula is C11H18N8O. The highest BCUT2D eigenvalue weighted by Gasteiger charge is 2.15. The van der Waals surface area contributed by atoms with Gasteiger partial charge in [-0.3, -0.25) is 9.99 Å². The van der Waals surface area contributed by atoms with Crippen molar-refractivity contribution < 1.29 is 5.11 Å². The number of rotatable bonds is 6. The number of hydrazine groups is 1. The second-order valence-corrected chi connectivity index (χ2v) is 4.57. The Balaban J connectivity index is 2.31. The number of hydrogen-bond donors (Lipinski definition) is 4. The summed E-state index contributed by atoms with van der Waals surface area (Å²) in [6, 6.07) is -0.154. The molecule has 0 saturated carbocycles. The van der Waals surface area contributed by atoms with E-state index in [1.54, 1.807) is 23.3 Å². The van der Waals surface area contributed by atoms with Crippen molar-refractivity contribution in [2.75, 3.05) is 17.3 Å². The number of imidazole rings is 1. The molecule has 108 valence electrons. The number of aromatic nitrogens is 5.